The van der Waals surface area contributed by atoms with Crippen LogP contribution in [0.2, 0.25) is 5.02 Å². The van der Waals surface area contributed by atoms with E-state index < -0.39 is 0 Å². The maximum absolute atomic E-state index is 6.04. The predicted octanol–water partition coefficient (Wildman–Crippen LogP) is 2.25. The molecule has 4 heteroatoms. The van der Waals surface area contributed by atoms with Crippen LogP contribution in [0.25, 0.3) is 11.0 Å². The van der Waals surface area contributed by atoms with E-state index in [4.69, 9.17) is 11.6 Å². The van der Waals surface area contributed by atoms with Gasteiger partial charge in [-0.1, -0.05) is 11.6 Å². The average molecular weight is 224 g/mol. The number of nitrogens with zero attached hydrogens (tertiary/aromatic N) is 2. The van der Waals surface area contributed by atoms with Crippen LogP contribution in [0, 0.1) is 6.92 Å². The van der Waals surface area contributed by atoms with Gasteiger partial charge in [-0.3, -0.25) is 0 Å². The molecule has 1 N–H and O–H groups in total. The topological polar surface area (TPSA) is 29.9 Å². The first-order valence-corrected chi connectivity index (χ1v) is 5.27. The van der Waals surface area contributed by atoms with E-state index in [1.54, 1.807) is 0 Å². The Morgan fingerprint density at radius 1 is 1.47 bits per heavy atom. The lowest BCUT2D eigenvalue weighted by Crippen LogP contribution is -2.07. The number of imidazole rings is 1. The Morgan fingerprint density at radius 3 is 2.87 bits per heavy atom. The van der Waals surface area contributed by atoms with Gasteiger partial charge in [0.15, 0.2) is 0 Å². The highest BCUT2D eigenvalue weighted by atomic mass is 35.5. The van der Waals surface area contributed by atoms with Crippen LogP contribution >= 0.6 is 11.6 Å². The first-order valence-electron chi connectivity index (χ1n) is 4.89. The first-order chi connectivity index (χ1) is 7.13. The van der Waals surface area contributed by atoms with Crippen LogP contribution in [0.15, 0.2) is 12.1 Å². The smallest absolute Gasteiger partial charge is 0.106 e. The Kier molecular flexibility index (Phi) is 2.67. The van der Waals surface area contributed by atoms with Crippen molar-refractivity contribution in [3.63, 3.8) is 0 Å². The second-order valence-electron chi connectivity index (χ2n) is 3.68. The quantitative estimate of drug-likeness (QED) is 0.847. The highest BCUT2D eigenvalue weighted by Gasteiger charge is 2.09. The molecule has 15 heavy (non-hydrogen) atoms. The third kappa shape index (κ3) is 1.73. The molecule has 1 heterocycles. The van der Waals surface area contributed by atoms with Crippen molar-refractivity contribution in [3.8, 4) is 0 Å². The summed E-state index contributed by atoms with van der Waals surface area (Å²) in [5.41, 5.74) is 3.31. The lowest BCUT2D eigenvalue weighted by atomic mass is 10.2. The van der Waals surface area contributed by atoms with Gasteiger partial charge < -0.3 is 9.88 Å². The summed E-state index contributed by atoms with van der Waals surface area (Å²) in [6.07, 6.45) is 0. The fourth-order valence-electron chi connectivity index (χ4n) is 1.85. The molecule has 0 fully saturated rings. The van der Waals surface area contributed by atoms with Gasteiger partial charge in [-0.05, 0) is 31.7 Å². The highest BCUT2D eigenvalue weighted by Crippen LogP contribution is 2.24. The zero-order chi connectivity index (χ0) is 11.0. The van der Waals surface area contributed by atoms with Gasteiger partial charge in [-0.2, -0.15) is 0 Å². The van der Waals surface area contributed by atoms with Gasteiger partial charge >= 0.3 is 0 Å². The zero-order valence-corrected chi connectivity index (χ0v) is 9.89. The number of benzene rings is 1. The minimum Gasteiger partial charge on any atom is -0.331 e. The largest absolute Gasteiger partial charge is 0.331 e. The van der Waals surface area contributed by atoms with Gasteiger partial charge in [0.05, 0.1) is 11.0 Å². The van der Waals surface area contributed by atoms with E-state index >= 15 is 0 Å². The SMILES string of the molecule is CNCc1cc(Cl)cc2nc(C)n(C)c12. The van der Waals surface area contributed by atoms with E-state index in [0.717, 1.165) is 28.4 Å². The van der Waals surface area contributed by atoms with Crippen LogP contribution in [-0.4, -0.2) is 16.6 Å². The Hall–Kier alpha value is -1.06. The Bertz CT molecular complexity index is 502. The summed E-state index contributed by atoms with van der Waals surface area (Å²) >= 11 is 6.04. The van der Waals surface area contributed by atoms with Gasteiger partial charge in [0.25, 0.3) is 0 Å². The molecular formula is C11H14ClN3. The number of hydrogen-bond acceptors (Lipinski definition) is 2. The molecule has 0 saturated carbocycles. The number of nitrogens with one attached hydrogen (secondary N) is 1. The number of hydrogen-bond donors (Lipinski definition) is 1. The van der Waals surface area contributed by atoms with Crippen molar-refractivity contribution in [1.82, 2.24) is 14.9 Å². The normalized spacial score (nSPS) is 11.2. The van der Waals surface area contributed by atoms with Crippen molar-refractivity contribution in [2.24, 2.45) is 7.05 Å². The summed E-state index contributed by atoms with van der Waals surface area (Å²) in [5.74, 6) is 1.00. The van der Waals surface area contributed by atoms with E-state index in [2.05, 4.69) is 14.9 Å². The molecule has 0 aliphatic rings. The third-order valence-electron chi connectivity index (χ3n) is 2.60. The maximum Gasteiger partial charge on any atom is 0.106 e. The van der Waals surface area contributed by atoms with Crippen LogP contribution in [0.3, 0.4) is 0 Å². The summed E-state index contributed by atoms with van der Waals surface area (Å²) in [5, 5.41) is 3.88. The van der Waals surface area contributed by atoms with Crippen LogP contribution in [0.4, 0.5) is 0 Å². The van der Waals surface area contributed by atoms with Crippen molar-refractivity contribution in [2.45, 2.75) is 13.5 Å². The van der Waals surface area contributed by atoms with E-state index in [1.165, 1.54) is 5.56 Å². The highest BCUT2D eigenvalue weighted by molar-refractivity contribution is 6.31. The molecule has 0 unspecified atom stereocenters. The van der Waals surface area contributed by atoms with Crippen molar-refractivity contribution >= 4 is 22.6 Å². The molecule has 1 aromatic heterocycles. The van der Waals surface area contributed by atoms with E-state index in [9.17, 15) is 0 Å². The monoisotopic (exact) mass is 223 g/mol. The van der Waals surface area contributed by atoms with E-state index in [0.29, 0.717) is 0 Å². The number of rotatable bonds is 2. The zero-order valence-electron chi connectivity index (χ0n) is 9.13. The summed E-state index contributed by atoms with van der Waals surface area (Å²) < 4.78 is 2.10. The Labute approximate surface area is 94.1 Å². The van der Waals surface area contributed by atoms with Crippen LogP contribution in [0.5, 0.6) is 0 Å². The lowest BCUT2D eigenvalue weighted by Gasteiger charge is -2.05. The fourth-order valence-corrected chi connectivity index (χ4v) is 2.08. The molecule has 0 aliphatic heterocycles. The standard InChI is InChI=1S/C11H14ClN3/c1-7-14-10-5-9(12)4-8(6-13-2)11(10)15(7)3/h4-5,13H,6H2,1-3H3. The maximum atomic E-state index is 6.04. The number of aromatic nitrogens is 2. The van der Waals surface area contributed by atoms with Gasteiger partial charge in [0, 0.05) is 18.6 Å². The number of aryl methyl sites for hydroxylation is 2. The van der Waals surface area contributed by atoms with Gasteiger partial charge in [0.2, 0.25) is 0 Å². The molecule has 2 aromatic rings. The molecule has 1 aromatic carbocycles. The van der Waals surface area contributed by atoms with Gasteiger partial charge in [-0.25, -0.2) is 4.98 Å². The molecule has 0 atom stereocenters. The third-order valence-corrected chi connectivity index (χ3v) is 2.82. The van der Waals surface area contributed by atoms with Crippen LogP contribution in [-0.2, 0) is 13.6 Å². The second kappa shape index (κ2) is 3.83. The summed E-state index contributed by atoms with van der Waals surface area (Å²) in [4.78, 5) is 4.47. The van der Waals surface area contributed by atoms with Gasteiger partial charge in [-0.15, -0.1) is 0 Å². The van der Waals surface area contributed by atoms with Crippen molar-refractivity contribution in [3.05, 3.63) is 28.5 Å². The minimum atomic E-state index is 0.742. The summed E-state index contributed by atoms with van der Waals surface area (Å²) in [7, 11) is 3.95. The number of fused-ring (bicyclic) bond motifs is 1. The van der Waals surface area contributed by atoms with Crippen molar-refractivity contribution in [2.75, 3.05) is 7.05 Å². The molecule has 0 saturated heterocycles. The fraction of sp³-hybridized carbons (Fsp3) is 0.364. The van der Waals surface area contributed by atoms with Crippen molar-refractivity contribution < 1.29 is 0 Å². The molecule has 80 valence electrons. The molecule has 0 aliphatic carbocycles. The van der Waals surface area contributed by atoms with Crippen molar-refractivity contribution in [1.29, 1.82) is 0 Å². The number of halogens is 1. The Morgan fingerprint density at radius 2 is 2.20 bits per heavy atom. The Balaban J connectivity index is 2.75. The second-order valence-corrected chi connectivity index (χ2v) is 4.12. The van der Waals surface area contributed by atoms with E-state index in [-0.39, 0.29) is 0 Å². The van der Waals surface area contributed by atoms with Gasteiger partial charge in [0.1, 0.15) is 5.82 Å². The van der Waals surface area contributed by atoms with Crippen LogP contribution in [0.1, 0.15) is 11.4 Å². The molecule has 0 amide bonds. The molecule has 0 bridgehead atoms. The molecule has 0 radical (unpaired) electrons. The predicted molar refractivity (Wildman–Crippen MR) is 63.2 cm³/mol. The molecule has 2 rings (SSSR count). The summed E-state index contributed by atoms with van der Waals surface area (Å²) in [6.45, 7) is 2.80. The van der Waals surface area contributed by atoms with Crippen LogP contribution < -0.4 is 5.32 Å². The lowest BCUT2D eigenvalue weighted by molar-refractivity contribution is 0.810. The molecular weight excluding hydrogens is 210 g/mol. The average Bonchev–Trinajstić information content (AvgIpc) is 2.42. The molecule has 0 spiro atoms. The first kappa shape index (κ1) is 10.5. The summed E-state index contributed by atoms with van der Waals surface area (Å²) in [6, 6.07) is 3.89. The minimum absolute atomic E-state index is 0.742. The molecule has 3 nitrogen and oxygen atoms in total. The van der Waals surface area contributed by atoms with E-state index in [1.807, 2.05) is 33.2 Å².